The van der Waals surface area contributed by atoms with E-state index >= 15 is 0 Å². The minimum Gasteiger partial charge on any atom is -0.462 e. The van der Waals surface area contributed by atoms with Crippen molar-refractivity contribution < 1.29 is 19.1 Å². The lowest BCUT2D eigenvalue weighted by molar-refractivity contribution is 0.0175. The minimum atomic E-state index is -0.477. The summed E-state index contributed by atoms with van der Waals surface area (Å²) in [7, 11) is 0. The van der Waals surface area contributed by atoms with Crippen LogP contribution < -0.4 is 5.32 Å². The third-order valence-electron chi connectivity index (χ3n) is 4.85. The largest absolute Gasteiger partial charge is 0.462 e. The lowest BCUT2D eigenvalue weighted by atomic mass is 9.84. The maximum atomic E-state index is 12.3. The van der Waals surface area contributed by atoms with Crippen LogP contribution in [-0.2, 0) is 9.47 Å². The van der Waals surface area contributed by atoms with Crippen molar-refractivity contribution in [3.8, 4) is 0 Å². The van der Waals surface area contributed by atoms with E-state index in [1.165, 1.54) is 0 Å². The fourth-order valence-electron chi connectivity index (χ4n) is 3.22. The average Bonchev–Trinajstić information content (AvgIpc) is 2.61. The van der Waals surface area contributed by atoms with Crippen molar-refractivity contribution in [1.29, 1.82) is 0 Å². The van der Waals surface area contributed by atoms with E-state index in [4.69, 9.17) is 9.47 Å². The summed E-state index contributed by atoms with van der Waals surface area (Å²) in [6.07, 6.45) is 2.41. The molecule has 1 aromatic carbocycles. The predicted molar refractivity (Wildman–Crippen MR) is 106 cm³/mol. The van der Waals surface area contributed by atoms with Crippen molar-refractivity contribution in [2.45, 2.75) is 65.0 Å². The molecule has 0 atom stereocenters. The van der Waals surface area contributed by atoms with Crippen LogP contribution in [0.3, 0.4) is 0 Å². The molecule has 6 nitrogen and oxygen atoms in total. The van der Waals surface area contributed by atoms with Gasteiger partial charge in [-0.25, -0.2) is 9.59 Å². The summed E-state index contributed by atoms with van der Waals surface area (Å²) >= 11 is 0. The zero-order valence-electron chi connectivity index (χ0n) is 17.1. The van der Waals surface area contributed by atoms with Gasteiger partial charge in [0.05, 0.1) is 12.2 Å². The van der Waals surface area contributed by atoms with Crippen molar-refractivity contribution >= 4 is 17.7 Å². The van der Waals surface area contributed by atoms with E-state index < -0.39 is 5.60 Å². The molecule has 1 heterocycles. The molecule has 1 amide bonds. The molecule has 1 aliphatic heterocycles. The second-order valence-corrected chi connectivity index (χ2v) is 8.02. The summed E-state index contributed by atoms with van der Waals surface area (Å²) in [5.74, 6) is -0.306. The van der Waals surface area contributed by atoms with E-state index in [9.17, 15) is 9.59 Å². The number of likely N-dealkylation sites (tertiary alicyclic amines) is 1. The standard InChI is InChI=1S/C21H32N2O4/c1-6-21(12-14-23(15-13-21)19(25)27-20(3,4)5)22-17-10-8-16(9-11-17)18(24)26-7-2/h8-11,22H,6-7,12-15H2,1-5H3. The molecule has 0 saturated carbocycles. The number of nitrogens with one attached hydrogen (secondary N) is 1. The monoisotopic (exact) mass is 376 g/mol. The van der Waals surface area contributed by atoms with Crippen molar-refractivity contribution in [3.05, 3.63) is 29.8 Å². The summed E-state index contributed by atoms with van der Waals surface area (Å²) in [5, 5.41) is 3.62. The highest BCUT2D eigenvalue weighted by molar-refractivity contribution is 5.89. The van der Waals surface area contributed by atoms with Gasteiger partial charge in [-0.3, -0.25) is 0 Å². The third kappa shape index (κ3) is 5.88. The van der Waals surface area contributed by atoms with Gasteiger partial charge in [-0.05, 0) is 71.2 Å². The Morgan fingerprint density at radius 2 is 1.70 bits per heavy atom. The maximum Gasteiger partial charge on any atom is 0.410 e. The zero-order chi connectivity index (χ0) is 20.1. The van der Waals surface area contributed by atoms with E-state index in [0.29, 0.717) is 25.3 Å². The van der Waals surface area contributed by atoms with Crippen LogP contribution in [0.15, 0.2) is 24.3 Å². The Morgan fingerprint density at radius 3 is 2.19 bits per heavy atom. The van der Waals surface area contributed by atoms with Crippen LogP contribution in [0.2, 0.25) is 0 Å². The molecule has 1 saturated heterocycles. The quantitative estimate of drug-likeness (QED) is 0.769. The lowest BCUT2D eigenvalue weighted by Crippen LogP contribution is -2.51. The first-order chi connectivity index (χ1) is 12.7. The number of anilines is 1. The van der Waals surface area contributed by atoms with Gasteiger partial charge in [-0.15, -0.1) is 0 Å². The molecule has 1 aromatic rings. The molecule has 0 spiro atoms. The highest BCUT2D eigenvalue weighted by Crippen LogP contribution is 2.31. The SMILES string of the molecule is CCOC(=O)c1ccc(NC2(CC)CCN(C(=O)OC(C)(C)C)CC2)cc1. The van der Waals surface area contributed by atoms with Gasteiger partial charge in [-0.1, -0.05) is 6.92 Å². The number of carbonyl (C=O) groups is 2. The number of hydrogen-bond donors (Lipinski definition) is 1. The number of esters is 1. The van der Waals surface area contributed by atoms with Crippen LogP contribution in [0.4, 0.5) is 10.5 Å². The summed E-state index contributed by atoms with van der Waals surface area (Å²) in [6, 6.07) is 7.37. The Morgan fingerprint density at radius 1 is 1.11 bits per heavy atom. The number of ether oxygens (including phenoxy) is 2. The van der Waals surface area contributed by atoms with Crippen LogP contribution in [0.1, 0.15) is 64.2 Å². The van der Waals surface area contributed by atoms with Gasteiger partial charge < -0.3 is 19.7 Å². The molecule has 2 rings (SSSR count). The molecule has 0 aromatic heterocycles. The van der Waals surface area contributed by atoms with Crippen molar-refractivity contribution in [1.82, 2.24) is 4.90 Å². The van der Waals surface area contributed by atoms with Crippen LogP contribution in [0.25, 0.3) is 0 Å². The van der Waals surface area contributed by atoms with Gasteiger partial charge in [0.2, 0.25) is 0 Å². The van der Waals surface area contributed by atoms with E-state index in [-0.39, 0.29) is 17.6 Å². The fourth-order valence-corrected chi connectivity index (χ4v) is 3.22. The molecule has 0 unspecified atom stereocenters. The van der Waals surface area contributed by atoms with Gasteiger partial charge >= 0.3 is 12.1 Å². The molecule has 1 N–H and O–H groups in total. The normalized spacial score (nSPS) is 16.6. The lowest BCUT2D eigenvalue weighted by Gasteiger charge is -2.42. The third-order valence-corrected chi connectivity index (χ3v) is 4.85. The molecule has 1 aliphatic rings. The van der Waals surface area contributed by atoms with Gasteiger partial charge in [0.1, 0.15) is 5.60 Å². The average molecular weight is 376 g/mol. The van der Waals surface area contributed by atoms with E-state index in [0.717, 1.165) is 24.9 Å². The highest BCUT2D eigenvalue weighted by Gasteiger charge is 2.35. The highest BCUT2D eigenvalue weighted by atomic mass is 16.6. The number of benzene rings is 1. The number of hydrogen-bond acceptors (Lipinski definition) is 5. The topological polar surface area (TPSA) is 67.9 Å². The number of carbonyl (C=O) groups excluding carboxylic acids is 2. The molecule has 0 radical (unpaired) electrons. The zero-order valence-corrected chi connectivity index (χ0v) is 17.1. The smallest absolute Gasteiger partial charge is 0.410 e. The summed E-state index contributed by atoms with van der Waals surface area (Å²) in [4.78, 5) is 25.8. The van der Waals surface area contributed by atoms with Crippen molar-refractivity contribution in [3.63, 3.8) is 0 Å². The molecule has 27 heavy (non-hydrogen) atoms. The second-order valence-electron chi connectivity index (χ2n) is 8.02. The van der Waals surface area contributed by atoms with Gasteiger partial charge in [0.25, 0.3) is 0 Å². The van der Waals surface area contributed by atoms with E-state index in [2.05, 4.69) is 12.2 Å². The molecule has 150 valence electrons. The van der Waals surface area contributed by atoms with Crippen LogP contribution in [0.5, 0.6) is 0 Å². The first-order valence-corrected chi connectivity index (χ1v) is 9.71. The van der Waals surface area contributed by atoms with E-state index in [1.807, 2.05) is 32.9 Å². The Balaban J connectivity index is 1.97. The molecule has 1 fully saturated rings. The number of nitrogens with zero attached hydrogens (tertiary/aromatic N) is 1. The molecule has 0 bridgehead atoms. The first kappa shape index (κ1) is 21.1. The predicted octanol–water partition coefficient (Wildman–Crippen LogP) is 4.45. The van der Waals surface area contributed by atoms with Crippen LogP contribution >= 0.6 is 0 Å². The fraction of sp³-hybridized carbons (Fsp3) is 0.619. The Labute approximate surface area is 162 Å². The second kappa shape index (κ2) is 8.63. The maximum absolute atomic E-state index is 12.3. The molecular weight excluding hydrogens is 344 g/mol. The molecule has 6 heteroatoms. The van der Waals surface area contributed by atoms with Crippen molar-refractivity contribution in [2.24, 2.45) is 0 Å². The first-order valence-electron chi connectivity index (χ1n) is 9.71. The minimum absolute atomic E-state index is 0.0655. The van der Waals surface area contributed by atoms with Crippen molar-refractivity contribution in [2.75, 3.05) is 25.0 Å². The van der Waals surface area contributed by atoms with Crippen LogP contribution in [0, 0.1) is 0 Å². The number of rotatable bonds is 5. The van der Waals surface area contributed by atoms with Crippen LogP contribution in [-0.4, -0.2) is 47.8 Å². The number of piperidine rings is 1. The van der Waals surface area contributed by atoms with Gasteiger partial charge in [0.15, 0.2) is 0 Å². The summed E-state index contributed by atoms with van der Waals surface area (Å²) in [5.41, 5.74) is 0.975. The van der Waals surface area contributed by atoms with Gasteiger partial charge in [0, 0.05) is 24.3 Å². The molecule has 0 aliphatic carbocycles. The molecular formula is C21H32N2O4. The number of amides is 1. The summed E-state index contributed by atoms with van der Waals surface area (Å²) < 4.78 is 10.5. The van der Waals surface area contributed by atoms with Gasteiger partial charge in [-0.2, -0.15) is 0 Å². The Kier molecular flexibility index (Phi) is 6.73. The Hall–Kier alpha value is -2.24. The Bertz CT molecular complexity index is 641. The summed E-state index contributed by atoms with van der Waals surface area (Å²) in [6.45, 7) is 11.3. The van der Waals surface area contributed by atoms with E-state index in [1.54, 1.807) is 24.0 Å².